The zero-order valence-corrected chi connectivity index (χ0v) is 9.34. The van der Waals surface area contributed by atoms with E-state index >= 15 is 0 Å². The quantitative estimate of drug-likeness (QED) is 0.797. The molecule has 82 valence electrons. The van der Waals surface area contributed by atoms with E-state index in [1.165, 1.54) is 11.3 Å². The summed E-state index contributed by atoms with van der Waals surface area (Å²) in [6.07, 6.45) is 0.966. The highest BCUT2D eigenvalue weighted by Crippen LogP contribution is 2.20. The van der Waals surface area contributed by atoms with Gasteiger partial charge in [-0.15, -0.1) is 11.3 Å². The third-order valence-electron chi connectivity index (χ3n) is 2.59. The molecule has 2 unspecified atom stereocenters. The van der Waals surface area contributed by atoms with Gasteiger partial charge in [0.25, 0.3) is 5.91 Å². The van der Waals surface area contributed by atoms with Crippen LogP contribution < -0.4 is 11.1 Å². The number of nitrogen functional groups attached to an aromatic ring is 1. The van der Waals surface area contributed by atoms with E-state index in [1.54, 1.807) is 6.07 Å². The van der Waals surface area contributed by atoms with Crippen molar-refractivity contribution in [3.05, 3.63) is 16.3 Å². The van der Waals surface area contributed by atoms with Crippen LogP contribution in [0.2, 0.25) is 0 Å². The Labute approximate surface area is 92.4 Å². The monoisotopic (exact) mass is 226 g/mol. The minimum Gasteiger partial charge on any atom is -0.397 e. The molecular weight excluding hydrogens is 212 g/mol. The molecule has 1 aromatic heterocycles. The third kappa shape index (κ3) is 2.13. The molecule has 0 bridgehead atoms. The van der Waals surface area contributed by atoms with Crippen molar-refractivity contribution in [1.29, 1.82) is 0 Å². The number of ether oxygens (including phenoxy) is 1. The van der Waals surface area contributed by atoms with E-state index < -0.39 is 0 Å². The summed E-state index contributed by atoms with van der Waals surface area (Å²) >= 11 is 1.36. The van der Waals surface area contributed by atoms with Crippen LogP contribution >= 0.6 is 11.3 Å². The maximum atomic E-state index is 11.8. The van der Waals surface area contributed by atoms with Gasteiger partial charge >= 0.3 is 0 Å². The van der Waals surface area contributed by atoms with Gasteiger partial charge in [-0.3, -0.25) is 4.79 Å². The van der Waals surface area contributed by atoms with Gasteiger partial charge < -0.3 is 15.8 Å². The fourth-order valence-corrected chi connectivity index (χ4v) is 2.38. The summed E-state index contributed by atoms with van der Waals surface area (Å²) in [6, 6.07) is 1.85. The molecule has 0 saturated carbocycles. The van der Waals surface area contributed by atoms with Crippen LogP contribution in [-0.2, 0) is 4.74 Å². The molecule has 0 aliphatic carbocycles. The van der Waals surface area contributed by atoms with Crippen molar-refractivity contribution in [3.8, 4) is 0 Å². The first-order valence-electron chi connectivity index (χ1n) is 4.94. The van der Waals surface area contributed by atoms with E-state index in [1.807, 2.05) is 12.3 Å². The predicted octanol–water partition coefficient (Wildman–Crippen LogP) is 1.24. The summed E-state index contributed by atoms with van der Waals surface area (Å²) in [5, 5.41) is 4.76. The lowest BCUT2D eigenvalue weighted by Crippen LogP contribution is -2.39. The molecule has 0 aromatic carbocycles. The van der Waals surface area contributed by atoms with Gasteiger partial charge in [0.05, 0.1) is 17.8 Å². The van der Waals surface area contributed by atoms with Crippen molar-refractivity contribution in [2.45, 2.75) is 25.5 Å². The molecule has 4 nitrogen and oxygen atoms in total. The summed E-state index contributed by atoms with van der Waals surface area (Å²) in [5.41, 5.74) is 6.21. The molecule has 1 saturated heterocycles. The molecule has 1 amide bonds. The first kappa shape index (κ1) is 10.4. The van der Waals surface area contributed by atoms with E-state index in [2.05, 4.69) is 5.32 Å². The first-order chi connectivity index (χ1) is 7.18. The van der Waals surface area contributed by atoms with Crippen LogP contribution in [0.5, 0.6) is 0 Å². The minimum atomic E-state index is -0.0927. The lowest BCUT2D eigenvalue weighted by Gasteiger charge is -2.15. The van der Waals surface area contributed by atoms with Gasteiger partial charge in [-0.2, -0.15) is 0 Å². The Kier molecular flexibility index (Phi) is 2.93. The number of nitrogens with two attached hydrogens (primary N) is 1. The smallest absolute Gasteiger partial charge is 0.263 e. The van der Waals surface area contributed by atoms with Gasteiger partial charge in [-0.25, -0.2) is 0 Å². The maximum absolute atomic E-state index is 11.8. The van der Waals surface area contributed by atoms with Crippen LogP contribution in [0.4, 0.5) is 5.69 Å². The van der Waals surface area contributed by atoms with E-state index in [4.69, 9.17) is 10.5 Å². The highest BCUT2D eigenvalue weighted by atomic mass is 32.1. The Morgan fingerprint density at radius 1 is 1.73 bits per heavy atom. The number of hydrogen-bond acceptors (Lipinski definition) is 4. The highest BCUT2D eigenvalue weighted by Gasteiger charge is 2.26. The SMILES string of the molecule is CC1OCCC1NC(=O)c1sccc1N. The Morgan fingerprint density at radius 3 is 3.07 bits per heavy atom. The molecule has 1 aliphatic heterocycles. The van der Waals surface area contributed by atoms with Crippen molar-refractivity contribution in [1.82, 2.24) is 5.32 Å². The van der Waals surface area contributed by atoms with E-state index in [0.717, 1.165) is 6.42 Å². The van der Waals surface area contributed by atoms with Crippen molar-refractivity contribution >= 4 is 22.9 Å². The number of hydrogen-bond donors (Lipinski definition) is 2. The summed E-state index contributed by atoms with van der Waals surface area (Å²) in [7, 11) is 0. The average molecular weight is 226 g/mol. The number of thiophene rings is 1. The molecule has 0 radical (unpaired) electrons. The van der Waals surface area contributed by atoms with Gasteiger partial charge in [0.2, 0.25) is 0 Å². The van der Waals surface area contributed by atoms with Crippen LogP contribution in [0.3, 0.4) is 0 Å². The lowest BCUT2D eigenvalue weighted by molar-refractivity contribution is 0.0870. The molecule has 2 heterocycles. The van der Waals surface area contributed by atoms with E-state index in [-0.39, 0.29) is 18.1 Å². The van der Waals surface area contributed by atoms with Gasteiger partial charge in [0.1, 0.15) is 4.88 Å². The Balaban J connectivity index is 2.01. The average Bonchev–Trinajstić information content (AvgIpc) is 2.76. The molecule has 15 heavy (non-hydrogen) atoms. The molecule has 0 spiro atoms. The second-order valence-corrected chi connectivity index (χ2v) is 4.57. The summed E-state index contributed by atoms with van der Waals surface area (Å²) < 4.78 is 5.37. The lowest BCUT2D eigenvalue weighted by atomic mass is 10.1. The third-order valence-corrected chi connectivity index (χ3v) is 3.52. The topological polar surface area (TPSA) is 64.3 Å². The summed E-state index contributed by atoms with van der Waals surface area (Å²) in [5.74, 6) is -0.0927. The van der Waals surface area contributed by atoms with E-state index in [9.17, 15) is 4.79 Å². The van der Waals surface area contributed by atoms with Crippen LogP contribution in [0, 0.1) is 0 Å². The minimum absolute atomic E-state index is 0.0927. The normalized spacial score (nSPS) is 25.4. The molecule has 2 atom stereocenters. The number of amides is 1. The Bertz CT molecular complexity index is 364. The summed E-state index contributed by atoms with van der Waals surface area (Å²) in [6.45, 7) is 2.68. The highest BCUT2D eigenvalue weighted by molar-refractivity contribution is 7.12. The number of rotatable bonds is 2. The summed E-state index contributed by atoms with van der Waals surface area (Å²) in [4.78, 5) is 12.4. The molecule has 2 rings (SSSR count). The number of carbonyl (C=O) groups is 1. The van der Waals surface area contributed by atoms with Gasteiger partial charge in [-0.1, -0.05) is 0 Å². The largest absolute Gasteiger partial charge is 0.397 e. The Morgan fingerprint density at radius 2 is 2.53 bits per heavy atom. The van der Waals surface area contributed by atoms with Crippen LogP contribution in [0.25, 0.3) is 0 Å². The van der Waals surface area contributed by atoms with E-state index in [0.29, 0.717) is 17.2 Å². The number of anilines is 1. The standard InChI is InChI=1S/C10H14N2O2S/c1-6-8(2-4-14-6)12-10(13)9-7(11)3-5-15-9/h3,5-6,8H,2,4,11H2,1H3,(H,12,13). The van der Waals surface area contributed by atoms with Crippen LogP contribution in [0.1, 0.15) is 23.0 Å². The maximum Gasteiger partial charge on any atom is 0.263 e. The van der Waals surface area contributed by atoms with Gasteiger partial charge in [-0.05, 0) is 24.8 Å². The predicted molar refractivity (Wildman–Crippen MR) is 60.0 cm³/mol. The molecule has 5 heteroatoms. The van der Waals surface area contributed by atoms with Crippen molar-refractivity contribution in [3.63, 3.8) is 0 Å². The molecule has 1 aromatic rings. The van der Waals surface area contributed by atoms with Crippen LogP contribution in [0.15, 0.2) is 11.4 Å². The van der Waals surface area contributed by atoms with Crippen molar-refractivity contribution in [2.24, 2.45) is 0 Å². The second-order valence-electron chi connectivity index (χ2n) is 3.65. The molecular formula is C10H14N2O2S. The zero-order chi connectivity index (χ0) is 10.8. The fraction of sp³-hybridized carbons (Fsp3) is 0.500. The zero-order valence-electron chi connectivity index (χ0n) is 8.53. The van der Waals surface area contributed by atoms with Gasteiger partial charge in [0, 0.05) is 6.61 Å². The number of carbonyl (C=O) groups excluding carboxylic acids is 1. The van der Waals surface area contributed by atoms with Crippen molar-refractivity contribution < 1.29 is 9.53 Å². The molecule has 1 aliphatic rings. The first-order valence-corrected chi connectivity index (χ1v) is 5.82. The fourth-order valence-electron chi connectivity index (χ4n) is 1.66. The van der Waals surface area contributed by atoms with Crippen LogP contribution in [-0.4, -0.2) is 24.7 Å². The van der Waals surface area contributed by atoms with Crippen molar-refractivity contribution in [2.75, 3.05) is 12.3 Å². The van der Waals surface area contributed by atoms with Gasteiger partial charge in [0.15, 0.2) is 0 Å². The molecule has 1 fully saturated rings. The second kappa shape index (κ2) is 4.20. The number of nitrogens with one attached hydrogen (secondary N) is 1. The molecule has 3 N–H and O–H groups in total. The Hall–Kier alpha value is -1.07.